The monoisotopic (exact) mass is 696 g/mol. The summed E-state index contributed by atoms with van der Waals surface area (Å²) in [5.41, 5.74) is -9.79. The third kappa shape index (κ3) is 4.40. The number of fused-ring (bicyclic) bond motifs is 5. The van der Waals surface area contributed by atoms with Crippen LogP contribution < -0.4 is 10.6 Å². The number of nitrogens with one attached hydrogen (secondary N) is 2. The summed E-state index contributed by atoms with van der Waals surface area (Å²) in [6.45, 7) is 3.10. The fraction of sp³-hybridized carbons (Fsp3) is 0.441. The summed E-state index contributed by atoms with van der Waals surface area (Å²) < 4.78 is 22.0. The van der Waals surface area contributed by atoms with Crippen molar-refractivity contribution in [2.75, 3.05) is 28.4 Å². The Morgan fingerprint density at radius 3 is 2.22 bits per heavy atom. The Morgan fingerprint density at radius 2 is 1.62 bits per heavy atom. The van der Waals surface area contributed by atoms with Crippen LogP contribution in [0, 0.1) is 6.92 Å². The topological polar surface area (TPSA) is 247 Å². The van der Waals surface area contributed by atoms with E-state index in [1.54, 1.807) is 6.92 Å². The average molecular weight is 697 g/mol. The molecule has 6 rings (SSSR count). The minimum Gasteiger partial charge on any atom is -0.507 e. The summed E-state index contributed by atoms with van der Waals surface area (Å²) in [6.07, 6.45) is -6.49. The summed E-state index contributed by atoms with van der Waals surface area (Å²) in [4.78, 5) is 69.3. The number of aliphatic hydroxyl groups is 3. The number of ketones is 4. The molecule has 1 amide bonds. The van der Waals surface area contributed by atoms with E-state index in [4.69, 9.17) is 18.9 Å². The molecule has 1 saturated heterocycles. The molecule has 4 aliphatic rings. The predicted octanol–water partition coefficient (Wildman–Crippen LogP) is -0.677. The molecule has 16 heteroatoms. The molecule has 2 aromatic carbocycles. The molecule has 266 valence electrons. The van der Waals surface area contributed by atoms with Crippen molar-refractivity contribution in [2.45, 2.75) is 68.2 Å². The summed E-state index contributed by atoms with van der Waals surface area (Å²) in [6, 6.07) is 2.23. The van der Waals surface area contributed by atoms with E-state index in [1.165, 1.54) is 34.3 Å². The van der Waals surface area contributed by atoms with Crippen LogP contribution in [0.2, 0.25) is 0 Å². The molecule has 0 saturated carbocycles. The predicted molar refractivity (Wildman–Crippen MR) is 168 cm³/mol. The maximum atomic E-state index is 14.6. The van der Waals surface area contributed by atoms with Crippen LogP contribution in [0.3, 0.4) is 0 Å². The van der Waals surface area contributed by atoms with Gasteiger partial charge >= 0.3 is 0 Å². The molecule has 1 fully saturated rings. The lowest BCUT2D eigenvalue weighted by Gasteiger charge is -2.53. The van der Waals surface area contributed by atoms with Crippen molar-refractivity contribution in [1.82, 2.24) is 10.6 Å². The lowest BCUT2D eigenvalue weighted by Crippen LogP contribution is -2.73. The summed E-state index contributed by atoms with van der Waals surface area (Å²) in [5, 5.41) is 62.7. The number of carbonyl (C=O) groups is 5. The Kier molecular flexibility index (Phi) is 8.50. The second kappa shape index (κ2) is 12.1. The number of aliphatic hydroxyl groups excluding tert-OH is 2. The zero-order chi connectivity index (χ0) is 36.8. The lowest BCUT2D eigenvalue weighted by molar-refractivity contribution is -0.236. The van der Waals surface area contributed by atoms with Crippen LogP contribution in [-0.2, 0) is 31.0 Å². The van der Waals surface area contributed by atoms with Crippen LogP contribution in [0.5, 0.6) is 11.5 Å². The second-order valence-corrected chi connectivity index (χ2v) is 12.7. The molecule has 8 atom stereocenters. The maximum Gasteiger partial charge on any atom is 0.255 e. The number of phenols is 2. The van der Waals surface area contributed by atoms with Gasteiger partial charge in [-0.05, 0) is 31.0 Å². The number of allylic oxidation sites excluding steroid dienone is 2. The highest BCUT2D eigenvalue weighted by atomic mass is 16.6. The van der Waals surface area contributed by atoms with E-state index in [-0.39, 0.29) is 22.4 Å². The van der Waals surface area contributed by atoms with Gasteiger partial charge in [0.05, 0.1) is 34.6 Å². The number of Topliss-reactive ketones (excluding diaryl/α,β-unsaturated/α-hetero) is 3. The summed E-state index contributed by atoms with van der Waals surface area (Å²) in [5.74, 6) is -7.30. The summed E-state index contributed by atoms with van der Waals surface area (Å²) >= 11 is 0. The molecule has 16 nitrogen and oxygen atoms in total. The maximum absolute atomic E-state index is 14.6. The van der Waals surface area contributed by atoms with Gasteiger partial charge < -0.3 is 55.1 Å². The third-order valence-corrected chi connectivity index (χ3v) is 10.2. The average Bonchev–Trinajstić information content (AvgIpc) is 3.05. The van der Waals surface area contributed by atoms with Gasteiger partial charge in [-0.3, -0.25) is 24.0 Å². The van der Waals surface area contributed by atoms with Crippen molar-refractivity contribution in [1.29, 1.82) is 0 Å². The highest BCUT2D eigenvalue weighted by molar-refractivity contribution is 6.31. The molecule has 0 bridgehead atoms. The molecule has 0 radical (unpaired) electrons. The van der Waals surface area contributed by atoms with Gasteiger partial charge in [0.2, 0.25) is 17.3 Å². The van der Waals surface area contributed by atoms with Crippen molar-refractivity contribution in [3.63, 3.8) is 0 Å². The van der Waals surface area contributed by atoms with E-state index in [0.29, 0.717) is 0 Å². The van der Waals surface area contributed by atoms with Gasteiger partial charge in [-0.2, -0.15) is 0 Å². The minimum absolute atomic E-state index is 0.0232. The van der Waals surface area contributed by atoms with Crippen molar-refractivity contribution in [3.05, 3.63) is 68.4 Å². The number of ether oxygens (including phenoxy) is 4. The first-order chi connectivity index (χ1) is 23.6. The highest BCUT2D eigenvalue weighted by Crippen LogP contribution is 2.56. The largest absolute Gasteiger partial charge is 0.507 e. The Labute approximate surface area is 284 Å². The van der Waals surface area contributed by atoms with Crippen LogP contribution >= 0.6 is 0 Å². The number of aryl methyl sites for hydroxylation is 1. The smallest absolute Gasteiger partial charge is 0.255 e. The number of benzene rings is 2. The first-order valence-electron chi connectivity index (χ1n) is 15.6. The number of aromatic hydroxyl groups is 2. The number of hydrogen-bond donors (Lipinski definition) is 7. The van der Waals surface area contributed by atoms with E-state index in [1.807, 2.05) is 0 Å². The van der Waals surface area contributed by atoms with Gasteiger partial charge in [-0.25, -0.2) is 0 Å². The first-order valence-corrected chi connectivity index (χ1v) is 15.6. The Hall–Kier alpha value is -4.55. The zero-order valence-corrected chi connectivity index (χ0v) is 27.8. The van der Waals surface area contributed by atoms with E-state index in [9.17, 15) is 49.5 Å². The highest BCUT2D eigenvalue weighted by Gasteiger charge is 2.72. The molecule has 2 aromatic rings. The lowest BCUT2D eigenvalue weighted by atomic mass is 9.56. The Morgan fingerprint density at radius 1 is 0.960 bits per heavy atom. The van der Waals surface area contributed by atoms with E-state index >= 15 is 0 Å². The molecule has 1 aliphatic heterocycles. The van der Waals surface area contributed by atoms with E-state index < -0.39 is 123 Å². The van der Waals surface area contributed by atoms with Gasteiger partial charge in [0.1, 0.15) is 29.8 Å². The number of carbonyl (C=O) groups excluding carboxylic acids is 5. The number of amides is 1. The quantitative estimate of drug-likeness (QED) is 0.198. The van der Waals surface area contributed by atoms with Crippen molar-refractivity contribution >= 4 is 29.0 Å². The summed E-state index contributed by atoms with van der Waals surface area (Å²) in [7, 11) is 4.89. The van der Waals surface area contributed by atoms with Gasteiger partial charge in [-0.15, -0.1) is 0 Å². The molecule has 50 heavy (non-hydrogen) atoms. The zero-order valence-electron chi connectivity index (χ0n) is 27.8. The molecular formula is C34H36N2O14. The molecule has 3 aliphatic carbocycles. The second-order valence-electron chi connectivity index (χ2n) is 12.7. The van der Waals surface area contributed by atoms with Gasteiger partial charge in [0.25, 0.3) is 5.91 Å². The standard InChI is InChI=1S/C34H36N2O14/c1-11-7-13-8-18(38)34(49-6)30(44)21-15(29(43)33(34,46)22(13)25(41)19(11)31(45)35-3)9-14-20(24(21)40)17(37)10-16(23(14)39)36-32-28(48-5)26(42)27(47-4)12(2)50-32/h7,9-10,12,18,26-28,32,36,38,40-42,46H,8H2,1-6H3,(H,35,45)/t12-,18+,26+,27-,28+,32-,33-,34+/m0/s1. The molecule has 1 heterocycles. The van der Waals surface area contributed by atoms with E-state index in [2.05, 4.69) is 10.6 Å². The molecule has 0 spiro atoms. The van der Waals surface area contributed by atoms with Gasteiger partial charge in [-0.1, -0.05) is 6.07 Å². The molecule has 0 unspecified atom stereocenters. The fourth-order valence-electron chi connectivity index (χ4n) is 7.90. The number of rotatable bonds is 6. The van der Waals surface area contributed by atoms with Crippen LogP contribution in [-0.4, -0.2) is 125 Å². The first kappa shape index (κ1) is 35.3. The van der Waals surface area contributed by atoms with Gasteiger partial charge in [0, 0.05) is 57.6 Å². The SMILES string of the molecule is CNC(=O)c1c(C)cc2c(c1O)[C@]1(O)C(=O)c3cc4c(c(O)c3C(=O)[C@]1(OC)[C@H](O)C2)C(=O)C=C(N[C@H]1O[C@@H](C)[C@H](OC)[C@@H](O)[C@H]1OC)C4=O. The number of methoxy groups -OCH3 is 3. The van der Waals surface area contributed by atoms with Gasteiger partial charge in [0.15, 0.2) is 23.2 Å². The van der Waals surface area contributed by atoms with Crippen LogP contribution in [0.4, 0.5) is 0 Å². The van der Waals surface area contributed by atoms with Crippen LogP contribution in [0.1, 0.15) is 75.4 Å². The molecular weight excluding hydrogens is 660 g/mol. The molecule has 0 aromatic heterocycles. The Balaban J connectivity index is 1.51. The fourth-order valence-corrected chi connectivity index (χ4v) is 7.90. The minimum atomic E-state index is -3.20. The number of hydrogen-bond acceptors (Lipinski definition) is 15. The van der Waals surface area contributed by atoms with Crippen molar-refractivity contribution in [3.8, 4) is 11.5 Å². The third-order valence-electron chi connectivity index (χ3n) is 10.2. The van der Waals surface area contributed by atoms with Crippen molar-refractivity contribution < 1.29 is 68.5 Å². The van der Waals surface area contributed by atoms with Crippen LogP contribution in [0.25, 0.3) is 0 Å². The normalized spacial score (nSPS) is 31.7. The molecule has 7 N–H and O–H groups in total. The number of phenolic OH excluding ortho intramolecular Hbond substituents is 2. The Bertz CT molecular complexity index is 1920. The van der Waals surface area contributed by atoms with Crippen molar-refractivity contribution in [2.24, 2.45) is 0 Å². The van der Waals surface area contributed by atoms with Crippen LogP contribution in [0.15, 0.2) is 23.9 Å². The van der Waals surface area contributed by atoms with E-state index in [0.717, 1.165) is 19.3 Å².